The Morgan fingerprint density at radius 3 is 2.50 bits per heavy atom. The predicted octanol–water partition coefficient (Wildman–Crippen LogP) is 3.86. The van der Waals surface area contributed by atoms with Gasteiger partial charge in [0.1, 0.15) is 23.5 Å². The monoisotopic (exact) mass is 414 g/mol. The third-order valence-electron chi connectivity index (χ3n) is 3.54. The zero-order valence-electron chi connectivity index (χ0n) is 13.4. The van der Waals surface area contributed by atoms with E-state index in [4.69, 9.17) is 23.2 Å². The van der Waals surface area contributed by atoms with E-state index in [-0.39, 0.29) is 10.0 Å². The highest BCUT2D eigenvalue weighted by Gasteiger charge is 2.21. The molecule has 136 valence electrons. The minimum absolute atomic E-state index is 0.0310. The van der Waals surface area contributed by atoms with E-state index in [1.54, 1.807) is 12.1 Å². The normalized spacial score (nSPS) is 12.8. The first-order valence-corrected chi connectivity index (χ1v) is 9.97. The van der Waals surface area contributed by atoms with Crippen molar-refractivity contribution in [2.24, 2.45) is 0 Å². The molecule has 1 aromatic carbocycles. The van der Waals surface area contributed by atoms with E-state index in [2.05, 4.69) is 20.3 Å². The molecule has 0 radical (unpaired) electrons. The summed E-state index contributed by atoms with van der Waals surface area (Å²) in [5.41, 5.74) is 0.572. The Morgan fingerprint density at radius 1 is 1.15 bits per heavy atom. The molecule has 2 N–H and O–H groups in total. The number of rotatable bonds is 5. The van der Waals surface area contributed by atoms with Gasteiger partial charge < -0.3 is 10.3 Å². The third kappa shape index (κ3) is 4.14. The number of benzene rings is 1. The van der Waals surface area contributed by atoms with Gasteiger partial charge in [0.15, 0.2) is 14.9 Å². The number of anilines is 1. The minimum Gasteiger partial charge on any atom is -0.356 e. The van der Waals surface area contributed by atoms with Gasteiger partial charge in [0.2, 0.25) is 0 Å². The quantitative estimate of drug-likeness (QED) is 0.661. The van der Waals surface area contributed by atoms with Gasteiger partial charge in [0, 0.05) is 12.5 Å². The van der Waals surface area contributed by atoms with Crippen molar-refractivity contribution in [2.75, 3.05) is 11.6 Å². The van der Waals surface area contributed by atoms with Crippen molar-refractivity contribution in [3.63, 3.8) is 0 Å². The first kappa shape index (κ1) is 18.6. The van der Waals surface area contributed by atoms with Gasteiger partial charge in [0.25, 0.3) is 0 Å². The maximum Gasteiger partial charge on any atom is 0.192 e. The molecule has 0 fully saturated rings. The van der Waals surface area contributed by atoms with Crippen LogP contribution in [-0.2, 0) is 9.84 Å². The summed E-state index contributed by atoms with van der Waals surface area (Å²) < 4.78 is 36.9. The second-order valence-corrected chi connectivity index (χ2v) is 8.35. The lowest BCUT2D eigenvalue weighted by Gasteiger charge is -2.18. The van der Waals surface area contributed by atoms with Crippen LogP contribution in [0.15, 0.2) is 47.8 Å². The Hall–Kier alpha value is -2.16. The van der Waals surface area contributed by atoms with Crippen LogP contribution >= 0.6 is 23.2 Å². The summed E-state index contributed by atoms with van der Waals surface area (Å²) in [4.78, 5) is 11.1. The second kappa shape index (κ2) is 7.22. The summed E-state index contributed by atoms with van der Waals surface area (Å²) in [6.45, 7) is 0. The molecule has 2 aromatic heterocycles. The van der Waals surface area contributed by atoms with Gasteiger partial charge in [-0.05, 0) is 29.8 Å². The Balaban J connectivity index is 2.04. The van der Waals surface area contributed by atoms with E-state index in [1.165, 1.54) is 30.6 Å². The SMILES string of the molecule is CS(=O)(=O)c1cnc([C@H](Nc2ccc(Cl)cn2)c2ccc(F)c(Cl)c2)[nH]1. The van der Waals surface area contributed by atoms with E-state index in [9.17, 15) is 12.8 Å². The van der Waals surface area contributed by atoms with Crippen LogP contribution in [0, 0.1) is 5.82 Å². The van der Waals surface area contributed by atoms with Gasteiger partial charge in [0.05, 0.1) is 16.2 Å². The number of hydrogen-bond donors (Lipinski definition) is 2. The molecular formula is C16H13Cl2FN4O2S. The summed E-state index contributed by atoms with van der Waals surface area (Å²) in [5, 5.41) is 3.49. The number of nitrogens with zero attached hydrogens (tertiary/aromatic N) is 2. The molecule has 0 aliphatic rings. The predicted molar refractivity (Wildman–Crippen MR) is 97.8 cm³/mol. The van der Waals surface area contributed by atoms with Crippen molar-refractivity contribution in [1.29, 1.82) is 0 Å². The fourth-order valence-electron chi connectivity index (χ4n) is 2.26. The minimum atomic E-state index is -3.46. The molecule has 0 saturated heterocycles. The summed E-state index contributed by atoms with van der Waals surface area (Å²) in [7, 11) is -3.46. The molecule has 3 aromatic rings. The number of aromatic nitrogens is 3. The zero-order valence-corrected chi connectivity index (χ0v) is 15.7. The van der Waals surface area contributed by atoms with E-state index < -0.39 is 21.7 Å². The number of imidazole rings is 1. The summed E-state index contributed by atoms with van der Waals surface area (Å²) in [6.07, 6.45) is 3.75. The number of sulfone groups is 1. The molecule has 0 aliphatic carbocycles. The number of H-pyrrole nitrogens is 1. The molecule has 10 heteroatoms. The topological polar surface area (TPSA) is 87.7 Å². The molecule has 6 nitrogen and oxygen atoms in total. The fourth-order valence-corrected chi connectivity index (χ4v) is 3.10. The molecule has 0 saturated carbocycles. The summed E-state index contributed by atoms with van der Waals surface area (Å²) in [5.74, 6) is 0.219. The van der Waals surface area contributed by atoms with Gasteiger partial charge in [-0.1, -0.05) is 29.3 Å². The fraction of sp³-hybridized carbons (Fsp3) is 0.125. The van der Waals surface area contributed by atoms with Crippen LogP contribution in [0.2, 0.25) is 10.0 Å². The second-order valence-electron chi connectivity index (χ2n) is 5.52. The molecular weight excluding hydrogens is 402 g/mol. The van der Waals surface area contributed by atoms with Crippen LogP contribution in [0.25, 0.3) is 0 Å². The van der Waals surface area contributed by atoms with Gasteiger partial charge >= 0.3 is 0 Å². The molecule has 0 aliphatic heterocycles. The van der Waals surface area contributed by atoms with Crippen molar-refractivity contribution in [2.45, 2.75) is 11.1 Å². The molecule has 0 bridgehead atoms. The van der Waals surface area contributed by atoms with Crippen molar-refractivity contribution in [3.05, 3.63) is 70.0 Å². The Morgan fingerprint density at radius 2 is 1.92 bits per heavy atom. The van der Waals surface area contributed by atoms with Crippen LogP contribution in [0.4, 0.5) is 10.2 Å². The molecule has 0 spiro atoms. The largest absolute Gasteiger partial charge is 0.356 e. The average molecular weight is 415 g/mol. The van der Waals surface area contributed by atoms with Crippen LogP contribution < -0.4 is 5.32 Å². The molecule has 0 unspecified atom stereocenters. The maximum atomic E-state index is 13.5. The number of pyridine rings is 1. The molecule has 3 rings (SSSR count). The standard InChI is InChI=1S/C16H13Cl2FN4O2S/c1-26(24,25)14-8-21-16(23-14)15(9-2-4-12(19)11(18)6-9)22-13-5-3-10(17)7-20-13/h2-8,15H,1H3,(H,20,22)(H,21,23)/t15-/m1/s1. The first-order valence-electron chi connectivity index (χ1n) is 7.32. The summed E-state index contributed by atoms with van der Waals surface area (Å²) >= 11 is 11.7. The number of hydrogen-bond acceptors (Lipinski definition) is 5. The van der Waals surface area contributed by atoms with Crippen molar-refractivity contribution >= 4 is 38.9 Å². The van der Waals surface area contributed by atoms with Gasteiger partial charge in [-0.25, -0.2) is 22.8 Å². The maximum absolute atomic E-state index is 13.5. The van der Waals surface area contributed by atoms with E-state index in [0.717, 1.165) is 6.26 Å². The van der Waals surface area contributed by atoms with Crippen LogP contribution in [0.1, 0.15) is 17.4 Å². The number of aromatic amines is 1. The highest BCUT2D eigenvalue weighted by atomic mass is 35.5. The Bertz CT molecular complexity index is 1040. The van der Waals surface area contributed by atoms with Crippen LogP contribution in [0.3, 0.4) is 0 Å². The molecule has 1 atom stereocenters. The smallest absolute Gasteiger partial charge is 0.192 e. The van der Waals surface area contributed by atoms with E-state index in [0.29, 0.717) is 22.2 Å². The van der Waals surface area contributed by atoms with Gasteiger partial charge in [-0.2, -0.15) is 0 Å². The lowest BCUT2D eigenvalue weighted by molar-refractivity contribution is 0.598. The average Bonchev–Trinajstić information content (AvgIpc) is 3.07. The summed E-state index contributed by atoms with van der Waals surface area (Å²) in [6, 6.07) is 6.85. The molecule has 26 heavy (non-hydrogen) atoms. The van der Waals surface area contributed by atoms with Crippen molar-refractivity contribution < 1.29 is 12.8 Å². The van der Waals surface area contributed by atoms with Crippen LogP contribution in [0.5, 0.6) is 0 Å². The highest BCUT2D eigenvalue weighted by molar-refractivity contribution is 7.90. The Labute approximate surface area is 159 Å². The van der Waals surface area contributed by atoms with E-state index in [1.807, 2.05) is 0 Å². The number of nitrogens with one attached hydrogen (secondary N) is 2. The lowest BCUT2D eigenvalue weighted by atomic mass is 10.1. The third-order valence-corrected chi connectivity index (χ3v) is 5.06. The zero-order chi connectivity index (χ0) is 18.9. The lowest BCUT2D eigenvalue weighted by Crippen LogP contribution is -2.15. The van der Waals surface area contributed by atoms with Crippen molar-refractivity contribution in [1.82, 2.24) is 15.0 Å². The van der Waals surface area contributed by atoms with Gasteiger partial charge in [-0.15, -0.1) is 0 Å². The van der Waals surface area contributed by atoms with Crippen molar-refractivity contribution in [3.8, 4) is 0 Å². The number of halogens is 3. The van der Waals surface area contributed by atoms with Crippen LogP contribution in [-0.4, -0.2) is 29.6 Å². The van der Waals surface area contributed by atoms with Gasteiger partial charge in [-0.3, -0.25) is 0 Å². The molecule has 2 heterocycles. The highest BCUT2D eigenvalue weighted by Crippen LogP contribution is 2.28. The first-order chi connectivity index (χ1) is 12.2. The Kier molecular flexibility index (Phi) is 5.17. The molecule has 0 amide bonds. The van der Waals surface area contributed by atoms with E-state index >= 15 is 0 Å².